The minimum atomic E-state index is -1.30. The highest BCUT2D eigenvalue weighted by molar-refractivity contribution is 6.33. The van der Waals surface area contributed by atoms with Crippen molar-refractivity contribution in [3.63, 3.8) is 0 Å². The molecule has 15 nitrogen and oxygen atoms in total. The smallest absolute Gasteiger partial charge is 0.363 e. The number of ether oxygens (including phenoxy) is 1. The van der Waals surface area contributed by atoms with Crippen LogP contribution in [-0.4, -0.2) is 43.5 Å². The third-order valence-corrected chi connectivity index (χ3v) is 7.53. The Morgan fingerprint density at radius 2 is 1.61 bits per heavy atom. The molecule has 0 bridgehead atoms. The van der Waals surface area contributed by atoms with Crippen LogP contribution in [0.15, 0.2) is 79.0 Å². The van der Waals surface area contributed by atoms with E-state index in [9.17, 15) is 34.6 Å². The number of imide groups is 1. The first-order chi connectivity index (χ1) is 21.0. The van der Waals surface area contributed by atoms with Gasteiger partial charge < -0.3 is 4.74 Å². The molecular formula is C28H19ClN6O9. The fourth-order valence-corrected chi connectivity index (χ4v) is 5.47. The lowest BCUT2D eigenvalue weighted by Crippen LogP contribution is -2.37. The Morgan fingerprint density at radius 3 is 2.23 bits per heavy atom. The average Bonchev–Trinajstić information content (AvgIpc) is 3.64. The van der Waals surface area contributed by atoms with Crippen LogP contribution >= 0.6 is 11.6 Å². The number of rotatable bonds is 7. The number of carbonyl (C=O) groups is 3. The standard InChI is InChI=1S/C28H19ClN6O9/c1-31-24(21(29)14-30-31)28(38)43-20-11-5-15(6-12-20)23-22-25(44-33(23)18-3-2-4-19(13-18)35(41)42)27(37)32(26(22)36)16-7-9-17(10-8-16)34(39)40/h2-14,22-23,25H,1H3/t22-,23+,25+/m0/s1. The summed E-state index contributed by atoms with van der Waals surface area (Å²) >= 11 is 6.04. The van der Waals surface area contributed by atoms with Gasteiger partial charge >= 0.3 is 5.97 Å². The number of nitrogens with zero attached hydrogens (tertiary/aromatic N) is 6. The minimum Gasteiger partial charge on any atom is -0.422 e. The Kier molecular flexibility index (Phi) is 7.03. The van der Waals surface area contributed by atoms with Crippen LogP contribution in [0, 0.1) is 26.1 Å². The highest BCUT2D eigenvalue weighted by Gasteiger charge is 2.60. The monoisotopic (exact) mass is 618 g/mol. The number of nitro benzene ring substituents is 2. The molecule has 222 valence electrons. The molecule has 0 radical (unpaired) electrons. The summed E-state index contributed by atoms with van der Waals surface area (Å²) in [5.41, 5.74) is 0.409. The molecule has 3 aromatic carbocycles. The largest absolute Gasteiger partial charge is 0.422 e. The maximum absolute atomic E-state index is 13.8. The number of carbonyl (C=O) groups excluding carboxylic acids is 3. The molecule has 0 aliphatic carbocycles. The number of hydrogen-bond donors (Lipinski definition) is 0. The van der Waals surface area contributed by atoms with E-state index in [1.807, 2.05) is 0 Å². The van der Waals surface area contributed by atoms with Crippen molar-refractivity contribution in [2.75, 3.05) is 9.96 Å². The molecule has 2 aliphatic rings. The van der Waals surface area contributed by atoms with E-state index in [0.29, 0.717) is 5.56 Å². The number of nitro groups is 2. The zero-order valence-corrected chi connectivity index (χ0v) is 23.2. The number of non-ortho nitro benzene ring substituents is 2. The van der Waals surface area contributed by atoms with Crippen LogP contribution in [0.2, 0.25) is 5.02 Å². The molecule has 0 spiro atoms. The van der Waals surface area contributed by atoms with E-state index in [-0.39, 0.29) is 39.2 Å². The summed E-state index contributed by atoms with van der Waals surface area (Å²) < 4.78 is 6.71. The predicted octanol–water partition coefficient (Wildman–Crippen LogP) is 4.16. The van der Waals surface area contributed by atoms with Gasteiger partial charge in [-0.1, -0.05) is 29.8 Å². The van der Waals surface area contributed by atoms with Crippen LogP contribution in [0.3, 0.4) is 0 Å². The van der Waals surface area contributed by atoms with Gasteiger partial charge in [0.25, 0.3) is 17.3 Å². The van der Waals surface area contributed by atoms with Gasteiger partial charge in [0.1, 0.15) is 11.7 Å². The topological polar surface area (TPSA) is 180 Å². The van der Waals surface area contributed by atoms with Crippen LogP contribution in [0.4, 0.5) is 22.7 Å². The lowest BCUT2D eigenvalue weighted by molar-refractivity contribution is -0.385. The molecule has 0 N–H and O–H groups in total. The molecule has 3 heterocycles. The van der Waals surface area contributed by atoms with Gasteiger partial charge in [0.15, 0.2) is 11.8 Å². The number of amides is 2. The second-order valence-electron chi connectivity index (χ2n) is 9.81. The first kappa shape index (κ1) is 28.4. The Bertz CT molecular complexity index is 1820. The van der Waals surface area contributed by atoms with E-state index in [0.717, 1.165) is 4.90 Å². The molecule has 2 saturated heterocycles. The molecule has 2 aliphatic heterocycles. The van der Waals surface area contributed by atoms with Crippen LogP contribution in [-0.2, 0) is 21.5 Å². The Labute approximate surface area is 252 Å². The maximum Gasteiger partial charge on any atom is 0.363 e. The highest BCUT2D eigenvalue weighted by atomic mass is 35.5. The molecule has 1 aromatic heterocycles. The first-order valence-corrected chi connectivity index (χ1v) is 13.3. The van der Waals surface area contributed by atoms with E-state index >= 15 is 0 Å². The van der Waals surface area contributed by atoms with E-state index in [2.05, 4.69) is 5.10 Å². The summed E-state index contributed by atoms with van der Waals surface area (Å²) in [6, 6.07) is 15.6. The van der Waals surface area contributed by atoms with Gasteiger partial charge in [-0.25, -0.2) is 14.8 Å². The molecule has 16 heteroatoms. The van der Waals surface area contributed by atoms with Crippen molar-refractivity contribution in [3.8, 4) is 5.75 Å². The van der Waals surface area contributed by atoms with Crippen LogP contribution in [0.1, 0.15) is 22.1 Å². The van der Waals surface area contributed by atoms with Crippen LogP contribution < -0.4 is 14.7 Å². The minimum absolute atomic E-state index is 0.0426. The van der Waals surface area contributed by atoms with Gasteiger partial charge in [0, 0.05) is 31.3 Å². The summed E-state index contributed by atoms with van der Waals surface area (Å²) in [7, 11) is 1.53. The summed E-state index contributed by atoms with van der Waals surface area (Å²) in [5.74, 6) is -3.03. The van der Waals surface area contributed by atoms with Gasteiger partial charge in [-0.15, -0.1) is 0 Å². The molecule has 6 rings (SSSR count). The van der Waals surface area contributed by atoms with Crippen LogP contribution in [0.25, 0.3) is 0 Å². The summed E-state index contributed by atoms with van der Waals surface area (Å²) in [4.78, 5) is 68.3. The van der Waals surface area contributed by atoms with Crippen molar-refractivity contribution in [2.24, 2.45) is 13.0 Å². The second kappa shape index (κ2) is 10.9. The maximum atomic E-state index is 13.8. The Balaban J connectivity index is 1.35. The van der Waals surface area contributed by atoms with Crippen molar-refractivity contribution in [1.29, 1.82) is 0 Å². The Hall–Kier alpha value is -5.67. The molecule has 4 aromatic rings. The highest BCUT2D eigenvalue weighted by Crippen LogP contribution is 2.48. The number of anilines is 2. The van der Waals surface area contributed by atoms with E-state index in [1.54, 1.807) is 12.1 Å². The lowest BCUT2D eigenvalue weighted by Gasteiger charge is -2.28. The van der Waals surface area contributed by atoms with Gasteiger partial charge in [0.2, 0.25) is 5.91 Å². The van der Waals surface area contributed by atoms with Gasteiger partial charge in [0.05, 0.1) is 38.5 Å². The number of hydrogen-bond acceptors (Lipinski definition) is 11. The fourth-order valence-electron chi connectivity index (χ4n) is 5.23. The number of esters is 1. The quantitative estimate of drug-likeness (QED) is 0.0953. The van der Waals surface area contributed by atoms with Crippen molar-refractivity contribution in [3.05, 3.63) is 116 Å². The second-order valence-corrected chi connectivity index (χ2v) is 10.2. The zero-order valence-electron chi connectivity index (χ0n) is 22.5. The SMILES string of the molecule is Cn1ncc(Cl)c1C(=O)Oc1ccc([C@@H]2[C@@H]3C(=O)N(c4ccc([N+](=O)[O-])cc4)C(=O)[C@@H]3ON2c2cccc([N+](=O)[O-])c2)cc1. The predicted molar refractivity (Wildman–Crippen MR) is 152 cm³/mol. The molecule has 44 heavy (non-hydrogen) atoms. The molecule has 3 atom stereocenters. The number of fused-ring (bicyclic) bond motifs is 1. The Morgan fingerprint density at radius 1 is 0.932 bits per heavy atom. The first-order valence-electron chi connectivity index (χ1n) is 12.9. The number of aryl methyl sites for hydroxylation is 1. The fraction of sp³-hybridized carbons (Fsp3) is 0.143. The number of aromatic nitrogens is 2. The summed E-state index contributed by atoms with van der Waals surface area (Å²) in [5, 5.41) is 27.9. The summed E-state index contributed by atoms with van der Waals surface area (Å²) in [6.07, 6.45) is 0.00611. The van der Waals surface area contributed by atoms with Gasteiger partial charge in [-0.2, -0.15) is 5.10 Å². The third-order valence-electron chi connectivity index (χ3n) is 7.25. The lowest BCUT2D eigenvalue weighted by atomic mass is 9.90. The molecule has 0 saturated carbocycles. The van der Waals surface area contributed by atoms with Crippen molar-refractivity contribution in [1.82, 2.24) is 9.78 Å². The number of benzene rings is 3. The normalized spacial score (nSPS) is 19.3. The van der Waals surface area contributed by atoms with Gasteiger partial charge in [-0.05, 0) is 35.9 Å². The molecule has 2 amide bonds. The third kappa shape index (κ3) is 4.79. The van der Waals surface area contributed by atoms with E-state index in [4.69, 9.17) is 21.2 Å². The summed E-state index contributed by atoms with van der Waals surface area (Å²) in [6.45, 7) is 0. The van der Waals surface area contributed by atoms with Crippen molar-refractivity contribution >= 4 is 52.1 Å². The number of hydroxylamine groups is 1. The van der Waals surface area contributed by atoms with Gasteiger partial charge in [-0.3, -0.25) is 39.3 Å². The van der Waals surface area contributed by atoms with E-state index in [1.165, 1.54) is 83.7 Å². The zero-order chi connectivity index (χ0) is 31.3. The number of halogens is 1. The molecular weight excluding hydrogens is 600 g/mol. The average molecular weight is 619 g/mol. The molecule has 0 unspecified atom stereocenters. The van der Waals surface area contributed by atoms with E-state index < -0.39 is 45.7 Å². The van der Waals surface area contributed by atoms with Crippen molar-refractivity contribution in [2.45, 2.75) is 12.1 Å². The molecule has 2 fully saturated rings. The van der Waals surface area contributed by atoms with Crippen LogP contribution in [0.5, 0.6) is 5.75 Å². The van der Waals surface area contributed by atoms with Crippen molar-refractivity contribution < 1.29 is 33.8 Å².